The van der Waals surface area contributed by atoms with E-state index < -0.39 is 0 Å². The van der Waals surface area contributed by atoms with Crippen LogP contribution in [0.2, 0.25) is 0 Å². The quantitative estimate of drug-likeness (QED) is 0.914. The first-order valence-electron chi connectivity index (χ1n) is 6.25. The summed E-state index contributed by atoms with van der Waals surface area (Å²) >= 11 is 1.96. The molecule has 1 aliphatic rings. The van der Waals surface area contributed by atoms with Gasteiger partial charge >= 0.3 is 0 Å². The van der Waals surface area contributed by atoms with Crippen molar-refractivity contribution in [2.24, 2.45) is 0 Å². The van der Waals surface area contributed by atoms with Gasteiger partial charge in [0.25, 0.3) is 0 Å². The Balaban J connectivity index is 1.90. The van der Waals surface area contributed by atoms with Crippen molar-refractivity contribution in [1.82, 2.24) is 10.2 Å². The first-order chi connectivity index (χ1) is 8.74. The van der Waals surface area contributed by atoms with Gasteiger partial charge in [0.15, 0.2) is 5.82 Å². The van der Waals surface area contributed by atoms with E-state index in [1.165, 1.54) is 23.6 Å². The molecule has 0 aliphatic heterocycles. The fourth-order valence-corrected chi connectivity index (χ4v) is 2.93. The van der Waals surface area contributed by atoms with E-state index in [1.54, 1.807) is 0 Å². The Morgan fingerprint density at radius 1 is 1.22 bits per heavy atom. The predicted molar refractivity (Wildman–Crippen MR) is 78.2 cm³/mol. The smallest absolute Gasteiger partial charge is 0.156 e. The molecule has 18 heavy (non-hydrogen) atoms. The summed E-state index contributed by atoms with van der Waals surface area (Å²) in [7, 11) is 0. The van der Waals surface area contributed by atoms with Crippen molar-refractivity contribution in [3.63, 3.8) is 0 Å². The summed E-state index contributed by atoms with van der Waals surface area (Å²) in [5.41, 5.74) is 0.988. The lowest BCUT2D eigenvalue weighted by molar-refractivity contribution is 0.920. The second kappa shape index (κ2) is 4.43. The summed E-state index contributed by atoms with van der Waals surface area (Å²) in [5, 5.41) is 14.4. The fourth-order valence-electron chi connectivity index (χ4n) is 2.21. The standard InChI is InChI=1S/C14H17N3S/c1-10-11-5-3-4-6-12(11)13(17-16-10)15-9-14(18-2)7-8-14/h3-6H,7-9H2,1-2H3,(H,15,17). The van der Waals surface area contributed by atoms with E-state index >= 15 is 0 Å². The zero-order valence-corrected chi connectivity index (χ0v) is 11.5. The second-order valence-electron chi connectivity index (χ2n) is 4.92. The van der Waals surface area contributed by atoms with Gasteiger partial charge in [-0.25, -0.2) is 0 Å². The van der Waals surface area contributed by atoms with Gasteiger partial charge in [-0.05, 0) is 26.0 Å². The molecule has 1 N–H and O–H groups in total. The number of hydrogen-bond donors (Lipinski definition) is 1. The molecule has 1 heterocycles. The molecule has 1 aromatic heterocycles. The number of nitrogens with one attached hydrogen (secondary N) is 1. The molecule has 0 saturated heterocycles. The monoisotopic (exact) mass is 259 g/mol. The number of hydrogen-bond acceptors (Lipinski definition) is 4. The van der Waals surface area contributed by atoms with Crippen molar-refractivity contribution >= 4 is 28.4 Å². The maximum Gasteiger partial charge on any atom is 0.156 e. The van der Waals surface area contributed by atoms with E-state index in [0.29, 0.717) is 4.75 Å². The first-order valence-corrected chi connectivity index (χ1v) is 7.48. The largest absolute Gasteiger partial charge is 0.367 e. The molecule has 2 aromatic rings. The summed E-state index contributed by atoms with van der Waals surface area (Å²) in [5.74, 6) is 0.913. The van der Waals surface area contributed by atoms with Crippen molar-refractivity contribution in [2.75, 3.05) is 18.1 Å². The Bertz CT molecular complexity index is 578. The molecule has 4 heteroatoms. The van der Waals surface area contributed by atoms with Crippen LogP contribution in [0, 0.1) is 6.92 Å². The van der Waals surface area contributed by atoms with Crippen LogP contribution in [-0.4, -0.2) is 27.7 Å². The SMILES string of the molecule is CSC1(CNc2nnc(C)c3ccccc23)CC1. The Morgan fingerprint density at radius 2 is 1.94 bits per heavy atom. The van der Waals surface area contributed by atoms with Gasteiger partial charge in [-0.2, -0.15) is 16.9 Å². The highest BCUT2D eigenvalue weighted by Crippen LogP contribution is 2.47. The summed E-state index contributed by atoms with van der Waals surface area (Å²) in [6.45, 7) is 2.99. The topological polar surface area (TPSA) is 37.8 Å². The van der Waals surface area contributed by atoms with Crippen LogP contribution in [0.4, 0.5) is 5.82 Å². The van der Waals surface area contributed by atoms with Crippen LogP contribution in [-0.2, 0) is 0 Å². The minimum Gasteiger partial charge on any atom is -0.367 e. The third-order valence-corrected chi connectivity index (χ3v) is 5.11. The summed E-state index contributed by atoms with van der Waals surface area (Å²) in [4.78, 5) is 0. The molecule has 0 atom stereocenters. The van der Waals surface area contributed by atoms with Crippen molar-refractivity contribution in [3.05, 3.63) is 30.0 Å². The average molecular weight is 259 g/mol. The average Bonchev–Trinajstić information content (AvgIpc) is 3.19. The first kappa shape index (κ1) is 11.8. The van der Waals surface area contributed by atoms with Gasteiger partial charge in [0, 0.05) is 22.1 Å². The maximum atomic E-state index is 4.30. The van der Waals surface area contributed by atoms with Crippen LogP contribution >= 0.6 is 11.8 Å². The van der Waals surface area contributed by atoms with Crippen LogP contribution in [0.1, 0.15) is 18.5 Å². The van der Waals surface area contributed by atoms with Gasteiger partial charge in [0.1, 0.15) is 0 Å². The molecular weight excluding hydrogens is 242 g/mol. The minimum atomic E-state index is 0.438. The zero-order chi connectivity index (χ0) is 12.6. The molecule has 1 saturated carbocycles. The Labute approximate surface area is 111 Å². The highest BCUT2D eigenvalue weighted by molar-refractivity contribution is 8.00. The van der Waals surface area contributed by atoms with Gasteiger partial charge in [-0.15, -0.1) is 5.10 Å². The van der Waals surface area contributed by atoms with Crippen molar-refractivity contribution in [3.8, 4) is 0 Å². The van der Waals surface area contributed by atoms with E-state index in [2.05, 4.69) is 40.0 Å². The van der Waals surface area contributed by atoms with Crippen LogP contribution < -0.4 is 5.32 Å². The molecular formula is C14H17N3S. The Kier molecular flexibility index (Phi) is 2.90. The summed E-state index contributed by atoms with van der Waals surface area (Å²) in [6.07, 6.45) is 4.80. The van der Waals surface area contributed by atoms with E-state index in [9.17, 15) is 0 Å². The molecule has 94 valence electrons. The molecule has 0 spiro atoms. The third-order valence-electron chi connectivity index (χ3n) is 3.69. The van der Waals surface area contributed by atoms with E-state index in [-0.39, 0.29) is 0 Å². The van der Waals surface area contributed by atoms with Gasteiger partial charge in [-0.1, -0.05) is 24.3 Å². The lowest BCUT2D eigenvalue weighted by Crippen LogP contribution is -2.18. The number of fused-ring (bicyclic) bond motifs is 1. The van der Waals surface area contributed by atoms with E-state index in [0.717, 1.165) is 18.1 Å². The van der Waals surface area contributed by atoms with Gasteiger partial charge in [0.2, 0.25) is 0 Å². The van der Waals surface area contributed by atoms with Gasteiger partial charge < -0.3 is 5.32 Å². The van der Waals surface area contributed by atoms with Crippen molar-refractivity contribution in [2.45, 2.75) is 24.5 Å². The molecule has 0 unspecified atom stereocenters. The zero-order valence-electron chi connectivity index (χ0n) is 10.7. The van der Waals surface area contributed by atoms with Gasteiger partial charge in [-0.3, -0.25) is 0 Å². The number of anilines is 1. The molecule has 0 radical (unpaired) electrons. The molecule has 1 fully saturated rings. The number of thioether (sulfide) groups is 1. The Hall–Kier alpha value is -1.29. The van der Waals surface area contributed by atoms with E-state index in [4.69, 9.17) is 0 Å². The summed E-state index contributed by atoms with van der Waals surface area (Å²) < 4.78 is 0.438. The molecule has 3 rings (SSSR count). The molecule has 1 aromatic carbocycles. The van der Waals surface area contributed by atoms with Crippen molar-refractivity contribution in [1.29, 1.82) is 0 Å². The predicted octanol–water partition coefficient (Wildman–Crippen LogP) is 3.25. The van der Waals surface area contributed by atoms with Crippen molar-refractivity contribution < 1.29 is 0 Å². The minimum absolute atomic E-state index is 0.438. The third kappa shape index (κ3) is 2.05. The number of aryl methyl sites for hydroxylation is 1. The number of aromatic nitrogens is 2. The lowest BCUT2D eigenvalue weighted by Gasteiger charge is -2.14. The van der Waals surface area contributed by atoms with Crippen LogP contribution in [0.25, 0.3) is 10.8 Å². The van der Waals surface area contributed by atoms with Crippen LogP contribution in [0.5, 0.6) is 0 Å². The highest BCUT2D eigenvalue weighted by Gasteiger charge is 2.41. The number of benzene rings is 1. The van der Waals surface area contributed by atoms with Gasteiger partial charge in [0.05, 0.1) is 5.69 Å². The van der Waals surface area contributed by atoms with E-state index in [1.807, 2.05) is 24.8 Å². The summed E-state index contributed by atoms with van der Waals surface area (Å²) in [6, 6.07) is 8.31. The van der Waals surface area contributed by atoms with Crippen LogP contribution in [0.3, 0.4) is 0 Å². The molecule has 0 bridgehead atoms. The Morgan fingerprint density at radius 3 is 2.61 bits per heavy atom. The fraction of sp³-hybridized carbons (Fsp3) is 0.429. The second-order valence-corrected chi connectivity index (χ2v) is 6.19. The number of rotatable bonds is 4. The lowest BCUT2D eigenvalue weighted by atomic mass is 10.1. The molecule has 0 amide bonds. The molecule has 3 nitrogen and oxygen atoms in total. The highest BCUT2D eigenvalue weighted by atomic mass is 32.2. The normalized spacial score (nSPS) is 16.8. The maximum absolute atomic E-state index is 4.30. The molecule has 1 aliphatic carbocycles. The van der Waals surface area contributed by atoms with Crippen LogP contribution in [0.15, 0.2) is 24.3 Å². The number of nitrogens with zero attached hydrogens (tertiary/aromatic N) is 2.